The summed E-state index contributed by atoms with van der Waals surface area (Å²) in [6.07, 6.45) is 1.82. The largest absolute Gasteiger partial charge is 0.318 e. The Bertz CT molecular complexity index is 1440. The molecule has 1 fully saturated rings. The van der Waals surface area contributed by atoms with E-state index in [1.54, 1.807) is 0 Å². The average Bonchev–Trinajstić information content (AvgIpc) is 3.23. The number of imide groups is 1. The van der Waals surface area contributed by atoms with Gasteiger partial charge in [-0.1, -0.05) is 48.0 Å². The van der Waals surface area contributed by atoms with Crippen LogP contribution in [0.2, 0.25) is 5.02 Å². The van der Waals surface area contributed by atoms with Crippen LogP contribution in [0.25, 0.3) is 22.5 Å². The maximum absolute atomic E-state index is 13.1. The van der Waals surface area contributed by atoms with Crippen molar-refractivity contribution < 1.29 is 9.59 Å². The lowest BCUT2D eigenvalue weighted by molar-refractivity contribution is -0.123. The second kappa shape index (κ2) is 8.58. The number of aryl methyl sites for hydroxylation is 1. The molecule has 5 rings (SSSR count). The monoisotopic (exact) mass is 472 g/mol. The summed E-state index contributed by atoms with van der Waals surface area (Å²) in [6.45, 7) is 4.29. The van der Waals surface area contributed by atoms with Gasteiger partial charge in [-0.05, 0) is 90.0 Å². The number of amides is 2. The van der Waals surface area contributed by atoms with Crippen molar-refractivity contribution in [1.29, 1.82) is 0 Å². The summed E-state index contributed by atoms with van der Waals surface area (Å²) < 4.78 is 2.11. The van der Waals surface area contributed by atoms with Crippen LogP contribution in [0.5, 0.6) is 0 Å². The molecule has 2 amide bonds. The molecular weight excluding hydrogens is 452 g/mol. The third kappa shape index (κ3) is 4.10. The van der Waals surface area contributed by atoms with E-state index in [0.717, 1.165) is 50.7 Å². The number of hydrogen-bond donors (Lipinski definition) is 0. The molecule has 33 heavy (non-hydrogen) atoms. The van der Waals surface area contributed by atoms with E-state index in [4.69, 9.17) is 11.6 Å². The minimum atomic E-state index is -0.255. The van der Waals surface area contributed by atoms with Gasteiger partial charge in [-0.3, -0.25) is 14.5 Å². The highest BCUT2D eigenvalue weighted by atomic mass is 35.5. The zero-order chi connectivity index (χ0) is 23.1. The predicted octanol–water partition coefficient (Wildman–Crippen LogP) is 7.14. The third-order valence-corrected chi connectivity index (χ3v) is 7.03. The summed E-state index contributed by atoms with van der Waals surface area (Å²) in [5, 5.41) is 2.66. The van der Waals surface area contributed by atoms with Crippen molar-refractivity contribution >= 4 is 51.4 Å². The first-order valence-electron chi connectivity index (χ1n) is 10.6. The average molecular weight is 473 g/mol. The van der Waals surface area contributed by atoms with E-state index in [-0.39, 0.29) is 17.7 Å². The molecule has 1 aliphatic rings. The van der Waals surface area contributed by atoms with E-state index >= 15 is 0 Å². The maximum Gasteiger partial charge on any atom is 0.293 e. The Morgan fingerprint density at radius 1 is 0.909 bits per heavy atom. The Morgan fingerprint density at radius 3 is 2.39 bits per heavy atom. The molecule has 0 unspecified atom stereocenters. The highest BCUT2D eigenvalue weighted by Gasteiger charge is 2.35. The van der Waals surface area contributed by atoms with Crippen LogP contribution in [0.15, 0.2) is 77.7 Å². The van der Waals surface area contributed by atoms with E-state index in [2.05, 4.69) is 4.57 Å². The molecule has 1 aliphatic heterocycles. The van der Waals surface area contributed by atoms with Crippen molar-refractivity contribution in [2.75, 3.05) is 0 Å². The van der Waals surface area contributed by atoms with E-state index < -0.39 is 0 Å². The quantitative estimate of drug-likeness (QED) is 0.296. The van der Waals surface area contributed by atoms with Crippen LogP contribution in [-0.4, -0.2) is 20.6 Å². The van der Waals surface area contributed by atoms with Gasteiger partial charge in [0, 0.05) is 22.1 Å². The molecule has 0 N–H and O–H groups in total. The number of carbonyl (C=O) groups is 2. The molecule has 0 radical (unpaired) electrons. The van der Waals surface area contributed by atoms with E-state index in [9.17, 15) is 9.59 Å². The standard InChI is InChI=1S/C27H21ClN2O2S/c1-17-13-22(18(2)30(17)24-11-9-23(28)10-12-24)15-25-26(31)29(27(32)33-25)16-19-7-8-20-5-3-4-6-21(20)14-19/h3-15H,16H2,1-2H3/b25-15-. The van der Waals surface area contributed by atoms with Gasteiger partial charge >= 0.3 is 0 Å². The van der Waals surface area contributed by atoms with Crippen LogP contribution in [0.1, 0.15) is 22.5 Å². The fourth-order valence-corrected chi connectivity index (χ4v) is 5.17. The summed E-state index contributed by atoms with van der Waals surface area (Å²) in [6, 6.07) is 23.7. The van der Waals surface area contributed by atoms with Crippen LogP contribution in [-0.2, 0) is 11.3 Å². The molecule has 1 saturated heterocycles. The molecule has 1 aromatic heterocycles. The van der Waals surface area contributed by atoms with Gasteiger partial charge in [0.2, 0.25) is 0 Å². The number of aromatic nitrogens is 1. The molecule has 0 atom stereocenters. The number of nitrogens with zero attached hydrogens (tertiary/aromatic N) is 2. The van der Waals surface area contributed by atoms with Crippen LogP contribution in [0, 0.1) is 13.8 Å². The number of thioether (sulfide) groups is 1. The smallest absolute Gasteiger partial charge is 0.293 e. The van der Waals surface area contributed by atoms with Gasteiger partial charge in [0.25, 0.3) is 11.1 Å². The zero-order valence-electron chi connectivity index (χ0n) is 18.2. The van der Waals surface area contributed by atoms with Gasteiger partial charge in [-0.25, -0.2) is 0 Å². The summed E-state index contributed by atoms with van der Waals surface area (Å²) in [7, 11) is 0. The summed E-state index contributed by atoms with van der Waals surface area (Å²) in [5.41, 5.74) is 4.88. The number of benzene rings is 3. The summed E-state index contributed by atoms with van der Waals surface area (Å²) in [4.78, 5) is 27.5. The predicted molar refractivity (Wildman–Crippen MR) is 136 cm³/mol. The number of fused-ring (bicyclic) bond motifs is 1. The summed E-state index contributed by atoms with van der Waals surface area (Å²) in [5.74, 6) is -0.255. The van der Waals surface area contributed by atoms with Gasteiger partial charge in [0.15, 0.2) is 0 Å². The fraction of sp³-hybridized carbons (Fsp3) is 0.111. The highest BCUT2D eigenvalue weighted by molar-refractivity contribution is 8.18. The number of hydrogen-bond acceptors (Lipinski definition) is 3. The number of rotatable bonds is 4. The minimum absolute atomic E-state index is 0.245. The second-order valence-electron chi connectivity index (χ2n) is 8.09. The Kier molecular flexibility index (Phi) is 5.60. The van der Waals surface area contributed by atoms with Crippen LogP contribution < -0.4 is 0 Å². The molecule has 0 spiro atoms. The first-order chi connectivity index (χ1) is 15.9. The van der Waals surface area contributed by atoms with Crippen molar-refractivity contribution in [2.45, 2.75) is 20.4 Å². The van der Waals surface area contributed by atoms with Crippen molar-refractivity contribution in [3.05, 3.63) is 105 Å². The lowest BCUT2D eigenvalue weighted by atomic mass is 10.1. The number of halogens is 1. The second-order valence-corrected chi connectivity index (χ2v) is 9.52. The van der Waals surface area contributed by atoms with Gasteiger partial charge in [0.1, 0.15) is 0 Å². The normalized spacial score (nSPS) is 15.2. The molecule has 3 aromatic carbocycles. The minimum Gasteiger partial charge on any atom is -0.318 e. The third-order valence-electron chi connectivity index (χ3n) is 5.87. The lowest BCUT2D eigenvalue weighted by Crippen LogP contribution is -2.27. The Morgan fingerprint density at radius 2 is 1.64 bits per heavy atom. The molecule has 4 nitrogen and oxygen atoms in total. The van der Waals surface area contributed by atoms with Gasteiger partial charge in [0.05, 0.1) is 11.4 Å². The molecule has 0 bridgehead atoms. The maximum atomic E-state index is 13.1. The topological polar surface area (TPSA) is 42.3 Å². The molecule has 164 valence electrons. The van der Waals surface area contributed by atoms with Gasteiger partial charge in [-0.2, -0.15) is 0 Å². The zero-order valence-corrected chi connectivity index (χ0v) is 19.8. The van der Waals surface area contributed by atoms with Crippen molar-refractivity contribution in [2.24, 2.45) is 0 Å². The van der Waals surface area contributed by atoms with Gasteiger partial charge < -0.3 is 4.57 Å². The number of carbonyl (C=O) groups excluding carboxylic acids is 2. The van der Waals surface area contributed by atoms with Crippen LogP contribution in [0.4, 0.5) is 4.79 Å². The van der Waals surface area contributed by atoms with E-state index in [1.165, 1.54) is 4.90 Å². The first kappa shape index (κ1) is 21.6. The van der Waals surface area contributed by atoms with Crippen molar-refractivity contribution in [3.8, 4) is 5.69 Å². The Labute approximate surface area is 201 Å². The van der Waals surface area contributed by atoms with E-state index in [0.29, 0.717) is 9.93 Å². The van der Waals surface area contributed by atoms with Crippen LogP contribution >= 0.6 is 23.4 Å². The Balaban J connectivity index is 1.42. The molecule has 0 aliphatic carbocycles. The van der Waals surface area contributed by atoms with Gasteiger partial charge in [-0.15, -0.1) is 0 Å². The fourth-order valence-electron chi connectivity index (χ4n) is 4.22. The molecule has 0 saturated carbocycles. The van der Waals surface area contributed by atoms with E-state index in [1.807, 2.05) is 92.7 Å². The molecule has 6 heteroatoms. The van der Waals surface area contributed by atoms with Crippen molar-refractivity contribution in [3.63, 3.8) is 0 Å². The Hall–Kier alpha value is -3.28. The summed E-state index contributed by atoms with van der Waals surface area (Å²) >= 11 is 7.02. The first-order valence-corrected chi connectivity index (χ1v) is 11.8. The SMILES string of the molecule is Cc1cc(/C=C2\SC(=O)N(Cc3ccc4ccccc4c3)C2=O)c(C)n1-c1ccc(Cl)cc1. The molecule has 4 aromatic rings. The molecular formula is C27H21ClN2O2S. The highest BCUT2D eigenvalue weighted by Crippen LogP contribution is 2.35. The van der Waals surface area contributed by atoms with Crippen LogP contribution in [0.3, 0.4) is 0 Å². The molecule has 2 heterocycles. The lowest BCUT2D eigenvalue weighted by Gasteiger charge is -2.13. The van der Waals surface area contributed by atoms with Crippen molar-refractivity contribution in [1.82, 2.24) is 9.47 Å².